The van der Waals surface area contributed by atoms with E-state index in [1.165, 1.54) is 18.5 Å². The molecule has 1 aromatic carbocycles. The largest absolute Gasteiger partial charge is 0.372 e. The fourth-order valence-electron chi connectivity index (χ4n) is 3.74. The van der Waals surface area contributed by atoms with E-state index in [0.29, 0.717) is 5.69 Å². The van der Waals surface area contributed by atoms with Crippen molar-refractivity contribution in [2.45, 2.75) is 33.1 Å². The molecule has 1 saturated heterocycles. The standard InChI is InChI=1S/C22H26N4O/c1-3-19-21(26-13-5-4-6-20(26)24-19)22(27)23-17-7-9-18(10-8-17)25-14-11-16(2)12-15-25/h4-10,13,16H,3,11-12,14-15H2,1-2H3,(H,23,27). The van der Waals surface area contributed by atoms with Gasteiger partial charge in [0.15, 0.2) is 0 Å². The van der Waals surface area contributed by atoms with Gasteiger partial charge in [0, 0.05) is 30.7 Å². The summed E-state index contributed by atoms with van der Waals surface area (Å²) >= 11 is 0. The van der Waals surface area contributed by atoms with Gasteiger partial charge in [-0.2, -0.15) is 0 Å². The van der Waals surface area contributed by atoms with Crippen LogP contribution in [0.4, 0.5) is 11.4 Å². The number of pyridine rings is 1. The number of hydrogen-bond acceptors (Lipinski definition) is 3. The first-order valence-corrected chi connectivity index (χ1v) is 9.78. The molecule has 5 heteroatoms. The number of hydrogen-bond donors (Lipinski definition) is 1. The molecule has 2 aromatic heterocycles. The summed E-state index contributed by atoms with van der Waals surface area (Å²) in [7, 11) is 0. The van der Waals surface area contributed by atoms with E-state index in [0.717, 1.165) is 42.5 Å². The van der Waals surface area contributed by atoms with Gasteiger partial charge in [0.2, 0.25) is 0 Å². The van der Waals surface area contributed by atoms with E-state index >= 15 is 0 Å². The SMILES string of the molecule is CCc1nc2ccccn2c1C(=O)Nc1ccc(N2CCC(C)CC2)cc1. The molecule has 0 unspecified atom stereocenters. The van der Waals surface area contributed by atoms with Crippen molar-refractivity contribution in [2.75, 3.05) is 23.3 Å². The van der Waals surface area contributed by atoms with Gasteiger partial charge in [-0.15, -0.1) is 0 Å². The zero-order valence-corrected chi connectivity index (χ0v) is 16.0. The molecule has 1 amide bonds. The van der Waals surface area contributed by atoms with Crippen molar-refractivity contribution in [3.05, 3.63) is 60.0 Å². The molecule has 3 aromatic rings. The van der Waals surface area contributed by atoms with Crippen LogP contribution >= 0.6 is 0 Å². The molecule has 0 saturated carbocycles. The molecule has 27 heavy (non-hydrogen) atoms. The van der Waals surface area contributed by atoms with E-state index in [-0.39, 0.29) is 5.91 Å². The molecule has 1 fully saturated rings. The minimum absolute atomic E-state index is 0.120. The molecule has 140 valence electrons. The summed E-state index contributed by atoms with van der Waals surface area (Å²) in [6.45, 7) is 6.55. The number of piperidine rings is 1. The van der Waals surface area contributed by atoms with Gasteiger partial charge in [0.25, 0.3) is 5.91 Å². The second-order valence-corrected chi connectivity index (χ2v) is 7.36. The number of nitrogens with zero attached hydrogens (tertiary/aromatic N) is 3. The number of carbonyl (C=O) groups is 1. The zero-order chi connectivity index (χ0) is 18.8. The molecular formula is C22H26N4O. The molecule has 0 spiro atoms. The zero-order valence-electron chi connectivity index (χ0n) is 16.0. The lowest BCUT2D eigenvalue weighted by Crippen LogP contribution is -2.32. The molecule has 3 heterocycles. The van der Waals surface area contributed by atoms with E-state index in [9.17, 15) is 4.79 Å². The van der Waals surface area contributed by atoms with Crippen molar-refractivity contribution >= 4 is 22.9 Å². The van der Waals surface area contributed by atoms with Crippen LogP contribution in [0, 0.1) is 5.92 Å². The van der Waals surface area contributed by atoms with Gasteiger partial charge in [0.05, 0.1) is 5.69 Å². The number of nitrogens with one attached hydrogen (secondary N) is 1. The summed E-state index contributed by atoms with van der Waals surface area (Å²) in [5, 5.41) is 3.03. The Balaban J connectivity index is 1.52. The van der Waals surface area contributed by atoms with Gasteiger partial charge in [-0.1, -0.05) is 19.9 Å². The van der Waals surface area contributed by atoms with Crippen LogP contribution < -0.4 is 10.2 Å². The number of aryl methyl sites for hydroxylation is 1. The van der Waals surface area contributed by atoms with Crippen molar-refractivity contribution in [2.24, 2.45) is 5.92 Å². The number of amides is 1. The first-order valence-electron chi connectivity index (χ1n) is 9.78. The van der Waals surface area contributed by atoms with Gasteiger partial charge in [-0.25, -0.2) is 4.98 Å². The lowest BCUT2D eigenvalue weighted by molar-refractivity contribution is 0.102. The summed E-state index contributed by atoms with van der Waals surface area (Å²) in [6, 6.07) is 13.9. The van der Waals surface area contributed by atoms with Crippen molar-refractivity contribution in [3.63, 3.8) is 0 Å². The third-order valence-corrected chi connectivity index (χ3v) is 5.43. The Hall–Kier alpha value is -2.82. The molecule has 1 aliphatic heterocycles. The van der Waals surface area contributed by atoms with Gasteiger partial charge < -0.3 is 10.2 Å². The summed E-state index contributed by atoms with van der Waals surface area (Å²) in [6.07, 6.45) is 5.09. The highest BCUT2D eigenvalue weighted by molar-refractivity contribution is 6.04. The minimum Gasteiger partial charge on any atom is -0.372 e. The molecule has 0 aliphatic carbocycles. The number of benzene rings is 1. The number of fused-ring (bicyclic) bond motifs is 1. The summed E-state index contributed by atoms with van der Waals surface area (Å²) < 4.78 is 1.86. The number of anilines is 2. The highest BCUT2D eigenvalue weighted by Crippen LogP contribution is 2.24. The monoisotopic (exact) mass is 362 g/mol. The van der Waals surface area contributed by atoms with Crippen LogP contribution in [-0.2, 0) is 6.42 Å². The van der Waals surface area contributed by atoms with Crippen molar-refractivity contribution in [1.29, 1.82) is 0 Å². The van der Waals surface area contributed by atoms with Gasteiger partial charge in [0.1, 0.15) is 11.3 Å². The Morgan fingerprint density at radius 3 is 2.59 bits per heavy atom. The molecule has 0 bridgehead atoms. The van der Waals surface area contributed by atoms with Gasteiger partial charge in [-0.05, 0) is 61.6 Å². The van der Waals surface area contributed by atoms with Crippen LogP contribution in [0.1, 0.15) is 42.9 Å². The van der Waals surface area contributed by atoms with E-state index < -0.39 is 0 Å². The maximum atomic E-state index is 12.9. The Morgan fingerprint density at radius 1 is 1.15 bits per heavy atom. The van der Waals surface area contributed by atoms with Crippen LogP contribution in [0.5, 0.6) is 0 Å². The molecule has 0 atom stereocenters. The summed E-state index contributed by atoms with van der Waals surface area (Å²) in [4.78, 5) is 19.9. The quantitative estimate of drug-likeness (QED) is 0.749. The molecule has 1 aliphatic rings. The van der Waals surface area contributed by atoms with Crippen LogP contribution in [0.25, 0.3) is 5.65 Å². The Labute approximate surface area is 160 Å². The highest BCUT2D eigenvalue weighted by atomic mass is 16.2. The first-order chi connectivity index (χ1) is 13.2. The van der Waals surface area contributed by atoms with Crippen LogP contribution in [0.2, 0.25) is 0 Å². The third kappa shape index (κ3) is 3.54. The van der Waals surface area contributed by atoms with Crippen molar-refractivity contribution in [3.8, 4) is 0 Å². The number of aromatic nitrogens is 2. The smallest absolute Gasteiger partial charge is 0.274 e. The van der Waals surface area contributed by atoms with Crippen molar-refractivity contribution in [1.82, 2.24) is 9.38 Å². The first kappa shape index (κ1) is 17.6. The lowest BCUT2D eigenvalue weighted by atomic mass is 9.99. The second kappa shape index (κ2) is 7.43. The van der Waals surface area contributed by atoms with E-state index in [4.69, 9.17) is 0 Å². The Bertz CT molecular complexity index is 937. The Kier molecular flexibility index (Phi) is 4.84. The summed E-state index contributed by atoms with van der Waals surface area (Å²) in [5.41, 5.74) is 4.26. The van der Waals surface area contributed by atoms with Crippen LogP contribution in [0.3, 0.4) is 0 Å². The van der Waals surface area contributed by atoms with Crippen molar-refractivity contribution < 1.29 is 4.79 Å². The summed E-state index contributed by atoms with van der Waals surface area (Å²) in [5.74, 6) is 0.697. The number of rotatable bonds is 4. The molecule has 5 nitrogen and oxygen atoms in total. The number of imidazole rings is 1. The fourth-order valence-corrected chi connectivity index (χ4v) is 3.74. The van der Waals surface area contributed by atoms with E-state index in [1.54, 1.807) is 0 Å². The average molecular weight is 362 g/mol. The molecule has 0 radical (unpaired) electrons. The van der Waals surface area contributed by atoms with Crippen LogP contribution in [0.15, 0.2) is 48.7 Å². The topological polar surface area (TPSA) is 49.6 Å². The minimum atomic E-state index is -0.120. The fraction of sp³-hybridized carbons (Fsp3) is 0.364. The second-order valence-electron chi connectivity index (χ2n) is 7.36. The predicted molar refractivity (Wildman–Crippen MR) is 110 cm³/mol. The normalized spacial score (nSPS) is 15.3. The maximum Gasteiger partial charge on any atom is 0.274 e. The predicted octanol–water partition coefficient (Wildman–Crippen LogP) is 4.39. The maximum absolute atomic E-state index is 12.9. The highest BCUT2D eigenvalue weighted by Gasteiger charge is 2.19. The third-order valence-electron chi connectivity index (χ3n) is 5.43. The number of carbonyl (C=O) groups excluding carboxylic acids is 1. The van der Waals surface area contributed by atoms with E-state index in [2.05, 4.69) is 34.3 Å². The van der Waals surface area contributed by atoms with E-state index in [1.807, 2.05) is 47.9 Å². The Morgan fingerprint density at radius 2 is 1.89 bits per heavy atom. The molecule has 1 N–H and O–H groups in total. The van der Waals surface area contributed by atoms with Gasteiger partial charge in [-0.3, -0.25) is 9.20 Å². The lowest BCUT2D eigenvalue weighted by Gasteiger charge is -2.32. The average Bonchev–Trinajstić information content (AvgIpc) is 3.08. The molecular weight excluding hydrogens is 336 g/mol. The van der Waals surface area contributed by atoms with Crippen LogP contribution in [-0.4, -0.2) is 28.4 Å². The molecule has 4 rings (SSSR count). The van der Waals surface area contributed by atoms with Gasteiger partial charge >= 0.3 is 0 Å².